The minimum absolute atomic E-state index is 0.145. The van der Waals surface area contributed by atoms with Crippen molar-refractivity contribution in [3.63, 3.8) is 0 Å². The Labute approximate surface area is 204 Å². The highest BCUT2D eigenvalue weighted by Gasteiger charge is 2.36. The van der Waals surface area contributed by atoms with Gasteiger partial charge in [-0.1, -0.05) is 22.0 Å². The summed E-state index contributed by atoms with van der Waals surface area (Å²) >= 11 is 2.88. The highest BCUT2D eigenvalue weighted by molar-refractivity contribution is 9.10. The van der Waals surface area contributed by atoms with E-state index in [1.807, 2.05) is 6.08 Å². The van der Waals surface area contributed by atoms with E-state index in [1.165, 1.54) is 13.8 Å². The van der Waals surface area contributed by atoms with Gasteiger partial charge in [0.05, 0.1) is 13.2 Å². The molecule has 0 radical (unpaired) electrons. The number of carbonyl (C=O) groups excluding carboxylic acids is 6. The second-order valence-corrected chi connectivity index (χ2v) is 8.64. The Bertz CT molecular complexity index is 728. The van der Waals surface area contributed by atoms with Crippen molar-refractivity contribution in [1.29, 1.82) is 0 Å². The molecule has 9 heteroatoms. The molecule has 0 aliphatic heterocycles. The second kappa shape index (κ2) is 17.3. The van der Waals surface area contributed by atoms with Gasteiger partial charge < -0.3 is 9.47 Å². The molecule has 0 spiro atoms. The van der Waals surface area contributed by atoms with Crippen molar-refractivity contribution >= 4 is 51.0 Å². The fraction of sp³-hybridized carbons (Fsp3) is 0.667. The zero-order valence-corrected chi connectivity index (χ0v) is 21.5. The Morgan fingerprint density at radius 1 is 0.970 bits per heavy atom. The number of ketones is 4. The van der Waals surface area contributed by atoms with Gasteiger partial charge in [0.1, 0.15) is 17.5 Å². The predicted octanol–water partition coefficient (Wildman–Crippen LogP) is 3.71. The zero-order chi connectivity index (χ0) is 25.4. The molecule has 1 fully saturated rings. The molecule has 0 aromatic rings. The molecule has 0 bridgehead atoms. The van der Waals surface area contributed by atoms with Gasteiger partial charge in [0.2, 0.25) is 0 Å². The number of Topliss-reactive ketones (excluding diaryl/α,β-unsaturated/α-hetero) is 3. The summed E-state index contributed by atoms with van der Waals surface area (Å²) in [4.78, 5) is 65.2. The molecule has 3 atom stereocenters. The Hall–Kier alpha value is -2.16. The summed E-state index contributed by atoms with van der Waals surface area (Å²) in [6.45, 7) is 6.69. The fourth-order valence-electron chi connectivity index (χ4n) is 3.34. The first-order chi connectivity index (χ1) is 15.5. The molecule has 2 rings (SSSR count). The van der Waals surface area contributed by atoms with E-state index in [2.05, 4.69) is 20.7 Å². The van der Waals surface area contributed by atoms with E-state index < -0.39 is 22.7 Å². The summed E-state index contributed by atoms with van der Waals surface area (Å²) in [6.07, 6.45) is 8.95. The van der Waals surface area contributed by atoms with Gasteiger partial charge in [0.15, 0.2) is 16.4 Å². The number of carbonyl (C=O) groups is 6. The van der Waals surface area contributed by atoms with E-state index in [0.29, 0.717) is 19.4 Å². The number of hydrogen-bond donors (Lipinski definition) is 0. The summed E-state index contributed by atoms with van der Waals surface area (Å²) in [7, 11) is 0. The first kappa shape index (κ1) is 30.8. The van der Waals surface area contributed by atoms with Crippen molar-refractivity contribution in [2.45, 2.75) is 77.5 Å². The number of alkyl halides is 1. The van der Waals surface area contributed by atoms with Gasteiger partial charge in [-0.05, 0) is 65.4 Å². The maximum Gasteiger partial charge on any atom is 0.327 e. The van der Waals surface area contributed by atoms with Gasteiger partial charge in [-0.2, -0.15) is 0 Å². The van der Waals surface area contributed by atoms with Crippen molar-refractivity contribution in [3.8, 4) is 0 Å². The van der Waals surface area contributed by atoms with E-state index in [4.69, 9.17) is 4.74 Å². The molecule has 1 saturated carbocycles. The van der Waals surface area contributed by atoms with Crippen LogP contribution >= 0.6 is 15.9 Å². The van der Waals surface area contributed by atoms with Crippen LogP contribution in [0.5, 0.6) is 0 Å². The third-order valence-corrected chi connectivity index (χ3v) is 5.94. The number of esters is 2. The van der Waals surface area contributed by atoms with E-state index in [-0.39, 0.29) is 35.7 Å². The average Bonchev–Trinajstić information content (AvgIpc) is 2.75. The average molecular weight is 531 g/mol. The van der Waals surface area contributed by atoms with Crippen LogP contribution in [-0.4, -0.2) is 53.1 Å². The van der Waals surface area contributed by atoms with Crippen LogP contribution in [-0.2, 0) is 38.2 Å². The standard InChI is InChI=1S/C12H18O4.C6H9BrO3.C6H8O/c1-3-16-12(15)11(8(2)13)9-5-4-6-10(14)7-9;1-3-10-6(9)5(7)4(2)8;7-6-4-2-1-3-5-6/h9,11H,3-7H2,1-2H3;5H,3H2,1-2H3;2,4H,1,3,5H2. The Balaban J connectivity index is 0.000000513. The lowest BCUT2D eigenvalue weighted by Gasteiger charge is -2.26. The lowest BCUT2D eigenvalue weighted by molar-refractivity contribution is -0.154. The van der Waals surface area contributed by atoms with Crippen molar-refractivity contribution in [2.24, 2.45) is 11.8 Å². The number of ether oxygens (including phenoxy) is 2. The molecule has 2 aliphatic rings. The van der Waals surface area contributed by atoms with Gasteiger partial charge in [-0.25, -0.2) is 0 Å². The lowest BCUT2D eigenvalue weighted by Crippen LogP contribution is -2.34. The minimum atomic E-state index is -0.799. The normalized spacial score (nSPS) is 19.0. The Morgan fingerprint density at radius 3 is 1.97 bits per heavy atom. The maximum absolute atomic E-state index is 11.6. The molecular weight excluding hydrogens is 496 g/mol. The molecule has 0 N–H and O–H groups in total. The molecule has 0 aromatic heterocycles. The molecule has 0 aromatic carbocycles. The Kier molecular flexibility index (Phi) is 16.2. The lowest BCUT2D eigenvalue weighted by atomic mass is 9.78. The molecule has 0 heterocycles. The minimum Gasteiger partial charge on any atom is -0.465 e. The first-order valence-corrected chi connectivity index (χ1v) is 12.2. The molecule has 186 valence electrons. The monoisotopic (exact) mass is 530 g/mol. The van der Waals surface area contributed by atoms with Crippen molar-refractivity contribution in [2.75, 3.05) is 13.2 Å². The fourth-order valence-corrected chi connectivity index (χ4v) is 3.47. The third kappa shape index (κ3) is 13.2. The second-order valence-electron chi connectivity index (χ2n) is 7.72. The largest absolute Gasteiger partial charge is 0.465 e. The summed E-state index contributed by atoms with van der Waals surface area (Å²) < 4.78 is 9.44. The number of rotatable bonds is 7. The first-order valence-electron chi connectivity index (χ1n) is 11.2. The molecule has 0 amide bonds. The van der Waals surface area contributed by atoms with Crippen LogP contribution < -0.4 is 0 Å². The summed E-state index contributed by atoms with van der Waals surface area (Å²) in [5, 5.41) is 0. The van der Waals surface area contributed by atoms with Crippen LogP contribution in [0.25, 0.3) is 0 Å². The summed E-state index contributed by atoms with van der Waals surface area (Å²) in [5.74, 6) is -1.90. The zero-order valence-electron chi connectivity index (χ0n) is 19.9. The number of halogens is 1. The molecule has 2 aliphatic carbocycles. The molecular formula is C24H35BrO8. The summed E-state index contributed by atoms with van der Waals surface area (Å²) in [5.41, 5.74) is 0. The molecule has 0 saturated heterocycles. The Morgan fingerprint density at radius 2 is 1.58 bits per heavy atom. The van der Waals surface area contributed by atoms with Gasteiger partial charge in [-0.15, -0.1) is 0 Å². The van der Waals surface area contributed by atoms with Crippen LogP contribution in [0.15, 0.2) is 12.2 Å². The van der Waals surface area contributed by atoms with Crippen LogP contribution in [0.1, 0.15) is 72.6 Å². The van der Waals surface area contributed by atoms with Gasteiger partial charge in [-0.3, -0.25) is 28.8 Å². The molecule has 33 heavy (non-hydrogen) atoms. The van der Waals surface area contributed by atoms with Gasteiger partial charge >= 0.3 is 11.9 Å². The van der Waals surface area contributed by atoms with Crippen molar-refractivity contribution < 1.29 is 38.2 Å². The van der Waals surface area contributed by atoms with Gasteiger partial charge in [0.25, 0.3) is 0 Å². The maximum atomic E-state index is 11.6. The van der Waals surface area contributed by atoms with Crippen LogP contribution in [0.2, 0.25) is 0 Å². The highest BCUT2D eigenvalue weighted by Crippen LogP contribution is 2.29. The van der Waals surface area contributed by atoms with Gasteiger partial charge in [0, 0.05) is 19.3 Å². The smallest absolute Gasteiger partial charge is 0.327 e. The van der Waals surface area contributed by atoms with Crippen LogP contribution in [0.4, 0.5) is 0 Å². The SMILES string of the molecule is CCOC(=O)C(Br)C(C)=O.CCOC(=O)C(C(C)=O)C1CCCC(=O)C1.O=C1C=CCCC1. The highest BCUT2D eigenvalue weighted by atomic mass is 79.9. The number of hydrogen-bond acceptors (Lipinski definition) is 8. The van der Waals surface area contributed by atoms with E-state index in [0.717, 1.165) is 32.1 Å². The van der Waals surface area contributed by atoms with E-state index in [9.17, 15) is 28.8 Å². The molecule has 8 nitrogen and oxygen atoms in total. The van der Waals surface area contributed by atoms with E-state index in [1.54, 1.807) is 19.9 Å². The van der Waals surface area contributed by atoms with Crippen molar-refractivity contribution in [3.05, 3.63) is 12.2 Å². The quantitative estimate of drug-likeness (QED) is 0.277. The number of allylic oxidation sites excluding steroid dienone is 2. The van der Waals surface area contributed by atoms with Crippen LogP contribution in [0.3, 0.4) is 0 Å². The molecule has 3 unspecified atom stereocenters. The van der Waals surface area contributed by atoms with E-state index >= 15 is 0 Å². The predicted molar refractivity (Wildman–Crippen MR) is 126 cm³/mol. The topological polar surface area (TPSA) is 121 Å². The van der Waals surface area contributed by atoms with Crippen LogP contribution in [0, 0.1) is 11.8 Å². The van der Waals surface area contributed by atoms with Crippen molar-refractivity contribution in [1.82, 2.24) is 0 Å². The third-order valence-electron chi connectivity index (χ3n) is 4.92. The summed E-state index contributed by atoms with van der Waals surface area (Å²) in [6, 6.07) is 0.